The van der Waals surface area contributed by atoms with Crippen LogP contribution in [0.25, 0.3) is 0 Å². The van der Waals surface area contributed by atoms with Crippen LogP contribution < -0.4 is 10.2 Å². The summed E-state index contributed by atoms with van der Waals surface area (Å²) in [7, 11) is 1.56. The average molecular weight is 498 g/mol. The summed E-state index contributed by atoms with van der Waals surface area (Å²) in [6, 6.07) is 14.8. The Kier molecular flexibility index (Phi) is 6.07. The zero-order valence-electron chi connectivity index (χ0n) is 15.3. The number of aryl methyl sites for hydroxylation is 1. The van der Waals surface area contributed by atoms with Crippen molar-refractivity contribution in [2.45, 2.75) is 19.5 Å². The summed E-state index contributed by atoms with van der Waals surface area (Å²) < 4.78 is 41.6. The van der Waals surface area contributed by atoms with E-state index in [4.69, 9.17) is 0 Å². The highest BCUT2D eigenvalue weighted by atomic mass is 127. The van der Waals surface area contributed by atoms with E-state index in [9.17, 15) is 13.2 Å². The first-order chi connectivity index (χ1) is 13.3. The van der Waals surface area contributed by atoms with Crippen molar-refractivity contribution in [2.75, 3.05) is 17.3 Å². The van der Waals surface area contributed by atoms with E-state index in [1.54, 1.807) is 19.2 Å². The fourth-order valence-corrected chi connectivity index (χ4v) is 2.99. The smallest absolute Gasteiger partial charge is 0.329 e. The Balaban J connectivity index is 1.98. The Morgan fingerprint density at radius 2 is 1.68 bits per heavy atom. The molecule has 1 N–H and O–H groups in total. The average Bonchev–Trinajstić information content (AvgIpc) is 2.68. The molecule has 146 valence electrons. The standard InChI is InChI=1S/C20H18F3IN4/c1-3-13-4-10-16(11-5-13)28(2)18-17(20(21,22)23)12-25-19(27-18)26-15-8-6-14(24)7-9-15/h4-12H,3H2,1-2H3,(H,25,26,27). The summed E-state index contributed by atoms with van der Waals surface area (Å²) in [5.74, 6) is -0.110. The fourth-order valence-electron chi connectivity index (χ4n) is 2.63. The normalized spacial score (nSPS) is 11.4. The molecule has 0 aliphatic carbocycles. The Morgan fingerprint density at radius 3 is 2.25 bits per heavy atom. The summed E-state index contributed by atoms with van der Waals surface area (Å²) in [5.41, 5.74) is 1.53. The van der Waals surface area contributed by atoms with Crippen molar-refractivity contribution < 1.29 is 13.2 Å². The van der Waals surface area contributed by atoms with E-state index in [2.05, 4.69) is 37.9 Å². The van der Waals surface area contributed by atoms with Gasteiger partial charge in [0.15, 0.2) is 5.82 Å². The number of hydrogen-bond acceptors (Lipinski definition) is 4. The van der Waals surface area contributed by atoms with Crippen LogP contribution >= 0.6 is 22.6 Å². The van der Waals surface area contributed by atoms with Gasteiger partial charge < -0.3 is 10.2 Å². The first-order valence-corrected chi connectivity index (χ1v) is 9.65. The number of alkyl halides is 3. The Labute approximate surface area is 175 Å². The molecule has 0 bridgehead atoms. The van der Waals surface area contributed by atoms with Crippen LogP contribution in [0.5, 0.6) is 0 Å². The molecule has 0 saturated carbocycles. The van der Waals surface area contributed by atoms with E-state index >= 15 is 0 Å². The van der Waals surface area contributed by atoms with Crippen LogP contribution in [0.15, 0.2) is 54.7 Å². The van der Waals surface area contributed by atoms with Crippen LogP contribution in [0, 0.1) is 3.57 Å². The predicted molar refractivity (Wildman–Crippen MR) is 113 cm³/mol. The summed E-state index contributed by atoms with van der Waals surface area (Å²) >= 11 is 2.18. The second kappa shape index (κ2) is 8.34. The molecule has 0 amide bonds. The Morgan fingerprint density at radius 1 is 1.04 bits per heavy atom. The van der Waals surface area contributed by atoms with E-state index in [1.807, 2.05) is 43.3 Å². The molecule has 1 aromatic heterocycles. The minimum Gasteiger partial charge on any atom is -0.329 e. The number of nitrogens with zero attached hydrogens (tertiary/aromatic N) is 3. The molecule has 0 fully saturated rings. The lowest BCUT2D eigenvalue weighted by atomic mass is 10.1. The van der Waals surface area contributed by atoms with Gasteiger partial charge in [-0.05, 0) is 71.0 Å². The lowest BCUT2D eigenvalue weighted by molar-refractivity contribution is -0.137. The molecule has 0 aliphatic heterocycles. The van der Waals surface area contributed by atoms with E-state index in [-0.39, 0.29) is 11.8 Å². The van der Waals surface area contributed by atoms with Gasteiger partial charge in [0.05, 0.1) is 0 Å². The van der Waals surface area contributed by atoms with Crippen LogP contribution in [0.1, 0.15) is 18.1 Å². The number of benzene rings is 2. The third kappa shape index (κ3) is 4.73. The molecule has 0 unspecified atom stereocenters. The SMILES string of the molecule is CCc1ccc(N(C)c2nc(Nc3ccc(I)cc3)ncc2C(F)(F)F)cc1. The molecular formula is C20H18F3IN4. The van der Waals surface area contributed by atoms with Gasteiger partial charge in [0.2, 0.25) is 5.95 Å². The maximum absolute atomic E-state index is 13.5. The number of halogens is 4. The number of anilines is 4. The highest BCUT2D eigenvalue weighted by Crippen LogP contribution is 2.37. The van der Waals surface area contributed by atoms with Crippen molar-refractivity contribution in [1.29, 1.82) is 0 Å². The highest BCUT2D eigenvalue weighted by Gasteiger charge is 2.36. The van der Waals surface area contributed by atoms with Crippen LogP contribution in [0.4, 0.5) is 36.3 Å². The van der Waals surface area contributed by atoms with E-state index in [0.29, 0.717) is 11.4 Å². The second-order valence-electron chi connectivity index (χ2n) is 6.14. The first-order valence-electron chi connectivity index (χ1n) is 8.57. The van der Waals surface area contributed by atoms with Crippen LogP contribution in [-0.4, -0.2) is 17.0 Å². The number of rotatable bonds is 5. The summed E-state index contributed by atoms with van der Waals surface area (Å²) in [6.45, 7) is 2.02. The monoisotopic (exact) mass is 498 g/mol. The Hall–Kier alpha value is -2.36. The van der Waals surface area contributed by atoms with Crippen LogP contribution in [0.2, 0.25) is 0 Å². The van der Waals surface area contributed by atoms with Gasteiger partial charge in [-0.1, -0.05) is 19.1 Å². The Bertz CT molecular complexity index is 941. The third-order valence-electron chi connectivity index (χ3n) is 4.22. The van der Waals surface area contributed by atoms with Crippen molar-refractivity contribution in [3.8, 4) is 0 Å². The molecule has 1 heterocycles. The van der Waals surface area contributed by atoms with Gasteiger partial charge in [-0.25, -0.2) is 4.98 Å². The maximum Gasteiger partial charge on any atom is 0.421 e. The fraction of sp³-hybridized carbons (Fsp3) is 0.200. The number of aromatic nitrogens is 2. The first kappa shape index (κ1) is 20.4. The number of hydrogen-bond donors (Lipinski definition) is 1. The molecule has 0 aliphatic rings. The van der Waals surface area contributed by atoms with E-state index < -0.39 is 11.7 Å². The van der Waals surface area contributed by atoms with Crippen molar-refractivity contribution in [3.05, 3.63) is 69.4 Å². The van der Waals surface area contributed by atoms with Crippen LogP contribution in [0.3, 0.4) is 0 Å². The van der Waals surface area contributed by atoms with Gasteiger partial charge in [0.25, 0.3) is 0 Å². The number of nitrogens with one attached hydrogen (secondary N) is 1. The van der Waals surface area contributed by atoms with Gasteiger partial charge in [0, 0.05) is 28.2 Å². The van der Waals surface area contributed by atoms with Crippen molar-refractivity contribution in [2.24, 2.45) is 0 Å². The van der Waals surface area contributed by atoms with Gasteiger partial charge in [-0.15, -0.1) is 0 Å². The molecular weight excluding hydrogens is 480 g/mol. The van der Waals surface area contributed by atoms with E-state index in [0.717, 1.165) is 21.8 Å². The van der Waals surface area contributed by atoms with Crippen LogP contribution in [-0.2, 0) is 12.6 Å². The zero-order valence-corrected chi connectivity index (χ0v) is 17.4. The van der Waals surface area contributed by atoms with Gasteiger partial charge in [-0.2, -0.15) is 18.2 Å². The van der Waals surface area contributed by atoms with E-state index in [1.165, 1.54) is 4.90 Å². The molecule has 28 heavy (non-hydrogen) atoms. The van der Waals surface area contributed by atoms with Crippen molar-refractivity contribution >= 4 is 45.7 Å². The van der Waals surface area contributed by atoms with Gasteiger partial charge in [-0.3, -0.25) is 0 Å². The molecule has 3 rings (SSSR count). The summed E-state index contributed by atoms with van der Waals surface area (Å²) in [4.78, 5) is 9.43. The molecule has 0 spiro atoms. The molecule has 4 nitrogen and oxygen atoms in total. The lowest BCUT2D eigenvalue weighted by Crippen LogP contribution is -2.19. The molecule has 0 radical (unpaired) electrons. The molecule has 3 aromatic rings. The highest BCUT2D eigenvalue weighted by molar-refractivity contribution is 14.1. The summed E-state index contributed by atoms with van der Waals surface area (Å²) in [5, 5.41) is 2.96. The zero-order chi connectivity index (χ0) is 20.3. The molecule has 8 heteroatoms. The van der Waals surface area contributed by atoms with Gasteiger partial charge in [0.1, 0.15) is 5.56 Å². The molecule has 0 saturated heterocycles. The largest absolute Gasteiger partial charge is 0.421 e. The van der Waals surface area contributed by atoms with Gasteiger partial charge >= 0.3 is 6.18 Å². The van der Waals surface area contributed by atoms with Crippen molar-refractivity contribution in [3.63, 3.8) is 0 Å². The van der Waals surface area contributed by atoms with Crippen molar-refractivity contribution in [1.82, 2.24) is 9.97 Å². The molecule has 0 atom stereocenters. The summed E-state index contributed by atoms with van der Waals surface area (Å²) in [6.07, 6.45) is -2.89. The second-order valence-corrected chi connectivity index (χ2v) is 7.39. The topological polar surface area (TPSA) is 41.1 Å². The lowest BCUT2D eigenvalue weighted by Gasteiger charge is -2.23. The maximum atomic E-state index is 13.5. The molecule has 2 aromatic carbocycles. The quantitative estimate of drug-likeness (QED) is 0.427. The predicted octanol–water partition coefficient (Wildman–Crippen LogP) is 6.17. The minimum absolute atomic E-state index is 0.0984. The minimum atomic E-state index is -4.56. The third-order valence-corrected chi connectivity index (χ3v) is 4.94.